The summed E-state index contributed by atoms with van der Waals surface area (Å²) in [5, 5.41) is 7.30. The third-order valence-corrected chi connectivity index (χ3v) is 4.96. The average Bonchev–Trinajstić information content (AvgIpc) is 2.61. The highest BCUT2D eigenvalue weighted by molar-refractivity contribution is 9.09. The molecular weight excluding hydrogens is 350 g/mol. The van der Waals surface area contributed by atoms with E-state index in [4.69, 9.17) is 0 Å². The first-order chi connectivity index (χ1) is 11.3. The molecule has 3 aromatic carbocycles. The van der Waals surface area contributed by atoms with Crippen molar-refractivity contribution in [3.8, 4) is 0 Å². The fourth-order valence-electron chi connectivity index (χ4n) is 3.35. The fraction of sp³-hybridized carbons (Fsp3) is 0.150. The summed E-state index contributed by atoms with van der Waals surface area (Å²) in [5.74, 6) is 0. The number of hydrogen-bond acceptors (Lipinski definition) is 1. The Hall–Kier alpha value is -2.13. The van der Waals surface area contributed by atoms with E-state index in [9.17, 15) is 4.79 Å². The predicted molar refractivity (Wildman–Crippen MR) is 102 cm³/mol. The van der Waals surface area contributed by atoms with Crippen molar-refractivity contribution in [2.45, 2.75) is 13.0 Å². The zero-order valence-electron chi connectivity index (χ0n) is 12.6. The van der Waals surface area contributed by atoms with E-state index in [1.54, 1.807) is 0 Å². The summed E-state index contributed by atoms with van der Waals surface area (Å²) in [4.78, 5) is 13.0. The van der Waals surface area contributed by atoms with Gasteiger partial charge in [-0.25, -0.2) is 0 Å². The van der Waals surface area contributed by atoms with Gasteiger partial charge < -0.3 is 4.57 Å². The van der Waals surface area contributed by atoms with Crippen molar-refractivity contribution in [2.24, 2.45) is 0 Å². The molecule has 0 unspecified atom stereocenters. The molecule has 0 saturated heterocycles. The van der Waals surface area contributed by atoms with Crippen molar-refractivity contribution in [1.29, 1.82) is 0 Å². The first-order valence-electron chi connectivity index (χ1n) is 7.80. The van der Waals surface area contributed by atoms with Gasteiger partial charge in [0.15, 0.2) is 0 Å². The molecule has 4 rings (SSSR count). The van der Waals surface area contributed by atoms with Crippen LogP contribution in [0.1, 0.15) is 6.42 Å². The third-order valence-electron chi connectivity index (χ3n) is 4.40. The van der Waals surface area contributed by atoms with E-state index in [0.717, 1.165) is 45.2 Å². The molecule has 1 heterocycles. The van der Waals surface area contributed by atoms with Crippen LogP contribution in [-0.2, 0) is 6.54 Å². The molecule has 1 aromatic heterocycles. The monoisotopic (exact) mass is 365 g/mol. The largest absolute Gasteiger partial charge is 0.315 e. The van der Waals surface area contributed by atoms with Crippen LogP contribution in [0.15, 0.2) is 65.6 Å². The number of aromatic nitrogens is 1. The molecule has 2 nitrogen and oxygen atoms in total. The Kier molecular flexibility index (Phi) is 3.66. The molecule has 0 aliphatic carbocycles. The Morgan fingerprint density at radius 3 is 1.91 bits per heavy atom. The van der Waals surface area contributed by atoms with Crippen LogP contribution in [0.4, 0.5) is 0 Å². The topological polar surface area (TPSA) is 22.0 Å². The summed E-state index contributed by atoms with van der Waals surface area (Å²) < 4.78 is 1.82. The number of fused-ring (bicyclic) bond motifs is 6. The highest BCUT2D eigenvalue weighted by Gasteiger charge is 2.11. The van der Waals surface area contributed by atoms with Crippen LogP contribution in [0.5, 0.6) is 0 Å². The van der Waals surface area contributed by atoms with Crippen LogP contribution in [0.3, 0.4) is 0 Å². The third kappa shape index (κ3) is 2.27. The molecule has 0 saturated carbocycles. The van der Waals surface area contributed by atoms with Crippen LogP contribution < -0.4 is 5.56 Å². The second-order valence-electron chi connectivity index (χ2n) is 5.74. The van der Waals surface area contributed by atoms with Crippen molar-refractivity contribution in [1.82, 2.24) is 4.57 Å². The number of pyridine rings is 1. The SMILES string of the molecule is O=c1c2c3ccccc3c3ccccc3c2ccn1CCCBr. The highest BCUT2D eigenvalue weighted by atomic mass is 79.9. The van der Waals surface area contributed by atoms with Gasteiger partial charge in [0.1, 0.15) is 0 Å². The Balaban J connectivity index is 2.21. The zero-order valence-corrected chi connectivity index (χ0v) is 14.2. The van der Waals surface area contributed by atoms with Gasteiger partial charge in [-0.05, 0) is 39.4 Å². The molecule has 0 aliphatic heterocycles. The van der Waals surface area contributed by atoms with Gasteiger partial charge in [-0.3, -0.25) is 4.79 Å². The minimum atomic E-state index is 0.102. The van der Waals surface area contributed by atoms with Gasteiger partial charge in [0.2, 0.25) is 0 Å². The average molecular weight is 366 g/mol. The number of aryl methyl sites for hydroxylation is 1. The van der Waals surface area contributed by atoms with E-state index in [1.165, 1.54) is 5.39 Å². The van der Waals surface area contributed by atoms with Crippen LogP contribution in [0.25, 0.3) is 32.3 Å². The summed E-state index contributed by atoms with van der Waals surface area (Å²) in [6.07, 6.45) is 2.87. The Bertz CT molecular complexity index is 1050. The van der Waals surface area contributed by atoms with Gasteiger partial charge in [-0.15, -0.1) is 0 Å². The van der Waals surface area contributed by atoms with Gasteiger partial charge in [0, 0.05) is 18.1 Å². The van der Waals surface area contributed by atoms with E-state index in [0.29, 0.717) is 0 Å². The van der Waals surface area contributed by atoms with Crippen LogP contribution in [0, 0.1) is 0 Å². The molecule has 0 N–H and O–H groups in total. The molecule has 0 spiro atoms. The van der Waals surface area contributed by atoms with Gasteiger partial charge in [-0.2, -0.15) is 0 Å². The summed E-state index contributed by atoms with van der Waals surface area (Å²) >= 11 is 3.44. The molecule has 3 heteroatoms. The lowest BCUT2D eigenvalue weighted by Crippen LogP contribution is -2.20. The van der Waals surface area contributed by atoms with Crippen molar-refractivity contribution in [3.63, 3.8) is 0 Å². The van der Waals surface area contributed by atoms with Gasteiger partial charge in [-0.1, -0.05) is 64.5 Å². The van der Waals surface area contributed by atoms with E-state index in [-0.39, 0.29) is 5.56 Å². The predicted octanol–water partition coefficient (Wildman–Crippen LogP) is 5.09. The first-order valence-corrected chi connectivity index (χ1v) is 8.92. The molecule has 0 radical (unpaired) electrons. The number of benzene rings is 3. The molecule has 0 aliphatic rings. The van der Waals surface area contributed by atoms with Crippen molar-refractivity contribution < 1.29 is 0 Å². The smallest absolute Gasteiger partial charge is 0.259 e. The molecule has 4 aromatic rings. The lowest BCUT2D eigenvalue weighted by Gasteiger charge is -2.12. The summed E-state index contributed by atoms with van der Waals surface area (Å²) in [6, 6.07) is 18.6. The van der Waals surface area contributed by atoms with Crippen LogP contribution >= 0.6 is 15.9 Å². The van der Waals surface area contributed by atoms with E-state index in [1.807, 2.05) is 29.0 Å². The molecule has 0 bridgehead atoms. The highest BCUT2D eigenvalue weighted by Crippen LogP contribution is 2.32. The zero-order chi connectivity index (χ0) is 15.8. The number of hydrogen-bond donors (Lipinski definition) is 0. The van der Waals surface area contributed by atoms with Gasteiger partial charge in [0.05, 0.1) is 5.39 Å². The molecule has 114 valence electrons. The second kappa shape index (κ2) is 5.82. The summed E-state index contributed by atoms with van der Waals surface area (Å²) in [6.45, 7) is 0.737. The van der Waals surface area contributed by atoms with E-state index in [2.05, 4.69) is 52.3 Å². The first kappa shape index (κ1) is 14.5. The fourth-order valence-corrected chi connectivity index (χ4v) is 3.60. The number of rotatable bonds is 3. The van der Waals surface area contributed by atoms with E-state index >= 15 is 0 Å². The normalized spacial score (nSPS) is 11.5. The lowest BCUT2D eigenvalue weighted by atomic mass is 9.95. The standard InChI is InChI=1S/C20H16BrNO/c21-11-5-12-22-13-10-18-16-8-2-1-6-14(16)15-7-3-4-9-17(15)19(18)20(22)23/h1-4,6-10,13H,5,11-12H2. The minimum Gasteiger partial charge on any atom is -0.315 e. The molecule has 0 fully saturated rings. The number of nitrogens with zero attached hydrogens (tertiary/aromatic N) is 1. The molecule has 0 amide bonds. The minimum absolute atomic E-state index is 0.102. The summed E-state index contributed by atoms with van der Waals surface area (Å²) in [7, 11) is 0. The van der Waals surface area contributed by atoms with Crippen LogP contribution in [0.2, 0.25) is 0 Å². The maximum Gasteiger partial charge on any atom is 0.259 e. The maximum atomic E-state index is 13.0. The lowest BCUT2D eigenvalue weighted by molar-refractivity contribution is 0.666. The summed E-state index contributed by atoms with van der Waals surface area (Å²) in [5.41, 5.74) is 0.102. The van der Waals surface area contributed by atoms with Crippen molar-refractivity contribution in [2.75, 3.05) is 5.33 Å². The Morgan fingerprint density at radius 2 is 1.30 bits per heavy atom. The quantitative estimate of drug-likeness (QED) is 0.366. The maximum absolute atomic E-state index is 13.0. The van der Waals surface area contributed by atoms with E-state index < -0.39 is 0 Å². The molecule has 0 atom stereocenters. The van der Waals surface area contributed by atoms with Gasteiger partial charge in [0.25, 0.3) is 5.56 Å². The molecule has 23 heavy (non-hydrogen) atoms. The van der Waals surface area contributed by atoms with Crippen molar-refractivity contribution >= 4 is 48.2 Å². The van der Waals surface area contributed by atoms with Gasteiger partial charge >= 0.3 is 0 Å². The number of alkyl halides is 1. The Labute approximate surface area is 142 Å². The van der Waals surface area contributed by atoms with Crippen molar-refractivity contribution in [3.05, 3.63) is 71.1 Å². The van der Waals surface area contributed by atoms with Crippen LogP contribution in [-0.4, -0.2) is 9.90 Å². The number of halogens is 1. The molecular formula is C20H16BrNO. The Morgan fingerprint density at radius 1 is 0.783 bits per heavy atom. The second-order valence-corrected chi connectivity index (χ2v) is 6.53.